The van der Waals surface area contributed by atoms with E-state index in [-0.39, 0.29) is 0 Å². The van der Waals surface area contributed by atoms with Crippen molar-refractivity contribution in [2.45, 2.75) is 6.54 Å². The molecule has 5 aromatic rings. The third-order valence-electron chi connectivity index (χ3n) is 7.27. The molecule has 0 unspecified atom stereocenters. The lowest BCUT2D eigenvalue weighted by atomic mass is 9.98. The maximum Gasteiger partial charge on any atom is 0.212 e. The highest BCUT2D eigenvalue weighted by molar-refractivity contribution is 5.88. The number of nitrogens with zero attached hydrogens (tertiary/aromatic N) is 3. The lowest BCUT2D eigenvalue weighted by molar-refractivity contribution is 0.593. The third kappa shape index (κ3) is 5.23. The second-order valence-corrected chi connectivity index (χ2v) is 9.68. The highest BCUT2D eigenvalue weighted by Crippen LogP contribution is 2.41. The van der Waals surface area contributed by atoms with Crippen LogP contribution in [0.4, 0.5) is 17.3 Å². The number of hydrogen-bond acceptors (Lipinski definition) is 5. The maximum absolute atomic E-state index is 10.1. The molecule has 0 amide bonds. The molecule has 1 aliphatic rings. The van der Waals surface area contributed by atoms with E-state index in [0.29, 0.717) is 23.8 Å². The highest BCUT2D eigenvalue weighted by Gasteiger charge is 2.23. The van der Waals surface area contributed by atoms with Gasteiger partial charge in [0.15, 0.2) is 0 Å². The SMILES string of the molecule is N#Cc1c(NCc2ccc(N3CCN(c4ccccc4)CC3)cc2)oc(-c2ccccc2)c1-c1ccccc1. The Labute approximate surface area is 229 Å². The van der Waals surface area contributed by atoms with Gasteiger partial charge >= 0.3 is 0 Å². The molecule has 4 aromatic carbocycles. The molecule has 1 aliphatic heterocycles. The van der Waals surface area contributed by atoms with Gasteiger partial charge in [-0.3, -0.25) is 0 Å². The van der Waals surface area contributed by atoms with Crippen LogP contribution < -0.4 is 15.1 Å². The van der Waals surface area contributed by atoms with Crippen LogP contribution in [-0.2, 0) is 6.54 Å². The van der Waals surface area contributed by atoms with Gasteiger partial charge in [0.2, 0.25) is 5.88 Å². The van der Waals surface area contributed by atoms with Gasteiger partial charge in [0.25, 0.3) is 0 Å². The van der Waals surface area contributed by atoms with Crippen LogP contribution in [0.5, 0.6) is 0 Å². The summed E-state index contributed by atoms with van der Waals surface area (Å²) in [5.41, 5.74) is 6.90. The van der Waals surface area contributed by atoms with E-state index in [1.54, 1.807) is 0 Å². The summed E-state index contributed by atoms with van der Waals surface area (Å²) in [5.74, 6) is 1.20. The quantitative estimate of drug-likeness (QED) is 0.247. The Morgan fingerprint density at radius 2 is 1.15 bits per heavy atom. The number of nitriles is 1. The summed E-state index contributed by atoms with van der Waals surface area (Å²) in [6, 6.07) is 41.6. The minimum Gasteiger partial charge on any atom is -0.439 e. The van der Waals surface area contributed by atoms with Gasteiger partial charge in [-0.2, -0.15) is 5.26 Å². The Balaban J connectivity index is 1.17. The zero-order chi connectivity index (χ0) is 26.4. The number of anilines is 3. The molecule has 0 saturated carbocycles. The van der Waals surface area contributed by atoms with Crippen LogP contribution in [0.3, 0.4) is 0 Å². The number of rotatable bonds is 7. The van der Waals surface area contributed by atoms with Crippen LogP contribution in [0.2, 0.25) is 0 Å². The summed E-state index contributed by atoms with van der Waals surface area (Å²) in [4.78, 5) is 4.88. The van der Waals surface area contributed by atoms with Crippen molar-refractivity contribution in [1.29, 1.82) is 5.26 Å². The van der Waals surface area contributed by atoms with E-state index in [4.69, 9.17) is 4.42 Å². The monoisotopic (exact) mass is 510 g/mol. The normalized spacial score (nSPS) is 13.2. The lowest BCUT2D eigenvalue weighted by Gasteiger charge is -2.37. The molecule has 1 saturated heterocycles. The van der Waals surface area contributed by atoms with Crippen LogP contribution >= 0.6 is 0 Å². The summed E-state index contributed by atoms with van der Waals surface area (Å²) >= 11 is 0. The number of piperazine rings is 1. The van der Waals surface area contributed by atoms with Gasteiger partial charge in [-0.15, -0.1) is 0 Å². The van der Waals surface area contributed by atoms with Gasteiger partial charge in [0.05, 0.1) is 0 Å². The largest absolute Gasteiger partial charge is 0.439 e. The third-order valence-corrected chi connectivity index (χ3v) is 7.27. The molecule has 5 nitrogen and oxygen atoms in total. The second-order valence-electron chi connectivity index (χ2n) is 9.68. The maximum atomic E-state index is 10.1. The molecule has 5 heteroatoms. The first kappa shape index (κ1) is 24.4. The van der Waals surface area contributed by atoms with Crippen molar-refractivity contribution in [2.75, 3.05) is 41.3 Å². The minimum atomic E-state index is 0.497. The van der Waals surface area contributed by atoms with E-state index in [1.807, 2.05) is 60.7 Å². The van der Waals surface area contributed by atoms with E-state index in [1.165, 1.54) is 11.4 Å². The summed E-state index contributed by atoms with van der Waals surface area (Å²) in [7, 11) is 0. The smallest absolute Gasteiger partial charge is 0.212 e. The van der Waals surface area contributed by atoms with Crippen LogP contribution in [0.25, 0.3) is 22.5 Å². The van der Waals surface area contributed by atoms with Crippen LogP contribution in [-0.4, -0.2) is 26.2 Å². The van der Waals surface area contributed by atoms with Crippen LogP contribution in [0.15, 0.2) is 120 Å². The Kier molecular flexibility index (Phi) is 7.01. The number of para-hydroxylation sites is 1. The van der Waals surface area contributed by atoms with E-state index in [2.05, 4.69) is 75.8 Å². The first-order chi connectivity index (χ1) is 19.3. The molecule has 2 heterocycles. The first-order valence-corrected chi connectivity index (χ1v) is 13.4. The van der Waals surface area contributed by atoms with E-state index in [9.17, 15) is 5.26 Å². The molecule has 1 fully saturated rings. The number of nitrogens with one attached hydrogen (secondary N) is 1. The molecule has 0 atom stereocenters. The van der Waals surface area contributed by atoms with E-state index < -0.39 is 0 Å². The van der Waals surface area contributed by atoms with Crippen molar-refractivity contribution >= 4 is 17.3 Å². The topological polar surface area (TPSA) is 55.4 Å². The van der Waals surface area contributed by atoms with Crippen molar-refractivity contribution in [3.05, 3.63) is 126 Å². The van der Waals surface area contributed by atoms with Crippen molar-refractivity contribution in [3.63, 3.8) is 0 Å². The van der Waals surface area contributed by atoms with Gasteiger partial charge < -0.3 is 19.5 Å². The summed E-state index contributed by atoms with van der Waals surface area (Å²) in [6.45, 7) is 4.57. The van der Waals surface area contributed by atoms with Crippen LogP contribution in [0.1, 0.15) is 11.1 Å². The fraction of sp³-hybridized carbons (Fsp3) is 0.147. The average Bonchev–Trinajstić information content (AvgIpc) is 3.40. The lowest BCUT2D eigenvalue weighted by Crippen LogP contribution is -2.46. The van der Waals surface area contributed by atoms with Gasteiger partial charge in [-0.05, 0) is 35.4 Å². The zero-order valence-electron chi connectivity index (χ0n) is 21.8. The highest BCUT2D eigenvalue weighted by atomic mass is 16.4. The second kappa shape index (κ2) is 11.2. The zero-order valence-corrected chi connectivity index (χ0v) is 21.8. The predicted molar refractivity (Wildman–Crippen MR) is 159 cm³/mol. The first-order valence-electron chi connectivity index (χ1n) is 13.4. The molecule has 192 valence electrons. The van der Waals surface area contributed by atoms with Crippen molar-refractivity contribution in [3.8, 4) is 28.5 Å². The van der Waals surface area contributed by atoms with Crippen molar-refractivity contribution < 1.29 is 4.42 Å². The fourth-order valence-electron chi connectivity index (χ4n) is 5.20. The minimum absolute atomic E-state index is 0.497. The van der Waals surface area contributed by atoms with E-state index in [0.717, 1.165) is 48.4 Å². The van der Waals surface area contributed by atoms with Gasteiger partial charge in [-0.1, -0.05) is 91.0 Å². The van der Waals surface area contributed by atoms with Gasteiger partial charge in [-0.25, -0.2) is 0 Å². The molecule has 0 bridgehead atoms. The van der Waals surface area contributed by atoms with Gasteiger partial charge in [0.1, 0.15) is 17.4 Å². The van der Waals surface area contributed by atoms with Crippen LogP contribution in [0, 0.1) is 11.3 Å². The Bertz CT molecular complexity index is 1550. The number of furan rings is 1. The molecule has 0 aliphatic carbocycles. The van der Waals surface area contributed by atoms with Gasteiger partial charge in [0, 0.05) is 55.2 Å². The molecule has 6 rings (SSSR count). The summed E-state index contributed by atoms with van der Waals surface area (Å²) < 4.78 is 6.32. The van der Waals surface area contributed by atoms with Crippen molar-refractivity contribution in [2.24, 2.45) is 0 Å². The standard InChI is InChI=1S/C34H30N4O/c35-24-31-32(27-10-4-1-5-11-27)33(28-12-6-2-7-13-28)39-34(31)36-25-26-16-18-30(19-17-26)38-22-20-37(21-23-38)29-14-8-3-9-15-29/h1-19,36H,20-23,25H2. The molecular formula is C34H30N4O. The van der Waals surface area contributed by atoms with E-state index >= 15 is 0 Å². The molecule has 0 spiro atoms. The summed E-state index contributed by atoms with van der Waals surface area (Å²) in [6.07, 6.45) is 0. The molecular weight excluding hydrogens is 480 g/mol. The fourth-order valence-corrected chi connectivity index (χ4v) is 5.20. The predicted octanol–water partition coefficient (Wildman–Crippen LogP) is 7.42. The molecule has 39 heavy (non-hydrogen) atoms. The Morgan fingerprint density at radius 1 is 0.641 bits per heavy atom. The average molecular weight is 511 g/mol. The number of benzene rings is 4. The molecule has 1 aromatic heterocycles. The summed E-state index contributed by atoms with van der Waals surface area (Å²) in [5, 5.41) is 13.5. The number of hydrogen-bond donors (Lipinski definition) is 1. The molecule has 1 N–H and O–H groups in total. The Morgan fingerprint density at radius 3 is 1.72 bits per heavy atom. The molecule has 0 radical (unpaired) electrons. The van der Waals surface area contributed by atoms with Crippen molar-refractivity contribution in [1.82, 2.24) is 0 Å². The Hall–Kier alpha value is -4.95.